The SMILES string of the molecule is CC(C)Oc1c(Br)cc(CNCCN(C)C)cc1Br. The van der Waals surface area contributed by atoms with E-state index in [-0.39, 0.29) is 6.10 Å². The van der Waals surface area contributed by atoms with Crippen LogP contribution in [0.1, 0.15) is 19.4 Å². The highest BCUT2D eigenvalue weighted by molar-refractivity contribution is 9.11. The van der Waals surface area contributed by atoms with Gasteiger partial charge in [0.15, 0.2) is 0 Å². The zero-order valence-corrected chi connectivity index (χ0v) is 15.1. The molecule has 0 aliphatic carbocycles. The zero-order chi connectivity index (χ0) is 14.4. The van der Waals surface area contributed by atoms with Crippen molar-refractivity contribution in [2.45, 2.75) is 26.5 Å². The zero-order valence-electron chi connectivity index (χ0n) is 12.0. The molecule has 0 saturated heterocycles. The Morgan fingerprint density at radius 3 is 2.26 bits per heavy atom. The second-order valence-electron chi connectivity index (χ2n) is 5.04. The summed E-state index contributed by atoms with van der Waals surface area (Å²) in [5.41, 5.74) is 1.23. The van der Waals surface area contributed by atoms with Crippen LogP contribution in [0.5, 0.6) is 5.75 Å². The molecule has 1 aromatic carbocycles. The molecule has 3 nitrogen and oxygen atoms in total. The quantitative estimate of drug-likeness (QED) is 0.715. The van der Waals surface area contributed by atoms with Gasteiger partial charge in [0.05, 0.1) is 15.0 Å². The number of nitrogens with zero attached hydrogens (tertiary/aromatic N) is 1. The molecular weight excluding hydrogens is 372 g/mol. The minimum atomic E-state index is 0.164. The maximum absolute atomic E-state index is 5.77. The van der Waals surface area contributed by atoms with Crippen LogP contribution in [0.3, 0.4) is 0 Å². The van der Waals surface area contributed by atoms with E-state index in [0.29, 0.717) is 0 Å². The standard InChI is InChI=1S/C14H22Br2N2O/c1-10(2)19-14-12(15)7-11(8-13(14)16)9-17-5-6-18(3)4/h7-8,10,17H,5-6,9H2,1-4H3. The van der Waals surface area contributed by atoms with Crippen LogP contribution >= 0.6 is 31.9 Å². The van der Waals surface area contributed by atoms with Gasteiger partial charge in [-0.15, -0.1) is 0 Å². The van der Waals surface area contributed by atoms with E-state index in [1.807, 2.05) is 13.8 Å². The van der Waals surface area contributed by atoms with Crippen molar-refractivity contribution in [2.24, 2.45) is 0 Å². The van der Waals surface area contributed by atoms with Gasteiger partial charge in [0.2, 0.25) is 0 Å². The van der Waals surface area contributed by atoms with Crippen molar-refractivity contribution < 1.29 is 4.74 Å². The Bertz CT molecular complexity index is 385. The van der Waals surface area contributed by atoms with E-state index in [0.717, 1.165) is 34.3 Å². The van der Waals surface area contributed by atoms with Gasteiger partial charge in [-0.25, -0.2) is 0 Å². The van der Waals surface area contributed by atoms with E-state index in [4.69, 9.17) is 4.74 Å². The fourth-order valence-electron chi connectivity index (χ4n) is 1.60. The lowest BCUT2D eigenvalue weighted by molar-refractivity contribution is 0.239. The van der Waals surface area contributed by atoms with Crippen molar-refractivity contribution in [3.63, 3.8) is 0 Å². The van der Waals surface area contributed by atoms with Crippen LogP contribution in [0.4, 0.5) is 0 Å². The highest BCUT2D eigenvalue weighted by Gasteiger charge is 2.10. The molecule has 1 N–H and O–H groups in total. The van der Waals surface area contributed by atoms with Crippen molar-refractivity contribution in [2.75, 3.05) is 27.2 Å². The van der Waals surface area contributed by atoms with E-state index in [9.17, 15) is 0 Å². The number of ether oxygens (including phenoxy) is 1. The van der Waals surface area contributed by atoms with E-state index in [1.165, 1.54) is 5.56 Å². The van der Waals surface area contributed by atoms with Crippen LogP contribution in [0, 0.1) is 0 Å². The van der Waals surface area contributed by atoms with Gasteiger partial charge < -0.3 is 15.0 Å². The van der Waals surface area contributed by atoms with Gasteiger partial charge in [-0.1, -0.05) is 0 Å². The predicted octanol–water partition coefficient (Wildman–Crippen LogP) is 3.65. The summed E-state index contributed by atoms with van der Waals surface area (Å²) in [5, 5.41) is 3.42. The minimum absolute atomic E-state index is 0.164. The van der Waals surface area contributed by atoms with Crippen LogP contribution in [0.15, 0.2) is 21.1 Å². The summed E-state index contributed by atoms with van der Waals surface area (Å²) >= 11 is 7.14. The minimum Gasteiger partial charge on any atom is -0.489 e. The van der Waals surface area contributed by atoms with Gasteiger partial charge in [0, 0.05) is 19.6 Å². The fourth-order valence-corrected chi connectivity index (χ4v) is 3.07. The lowest BCUT2D eigenvalue weighted by Gasteiger charge is -2.15. The first-order valence-corrected chi connectivity index (χ1v) is 7.98. The molecule has 19 heavy (non-hydrogen) atoms. The summed E-state index contributed by atoms with van der Waals surface area (Å²) in [5.74, 6) is 0.868. The number of hydrogen-bond acceptors (Lipinski definition) is 3. The van der Waals surface area contributed by atoms with Gasteiger partial charge in [-0.3, -0.25) is 0 Å². The molecule has 0 amide bonds. The maximum Gasteiger partial charge on any atom is 0.148 e. The Morgan fingerprint density at radius 1 is 1.21 bits per heavy atom. The monoisotopic (exact) mass is 392 g/mol. The van der Waals surface area contributed by atoms with Crippen LogP contribution in [-0.4, -0.2) is 38.2 Å². The molecule has 0 saturated carbocycles. The Morgan fingerprint density at radius 2 is 1.79 bits per heavy atom. The second-order valence-corrected chi connectivity index (χ2v) is 6.74. The average Bonchev–Trinajstić information content (AvgIpc) is 2.29. The molecule has 0 aliphatic rings. The van der Waals surface area contributed by atoms with Crippen molar-refractivity contribution in [3.8, 4) is 5.75 Å². The highest BCUT2D eigenvalue weighted by atomic mass is 79.9. The third-order valence-electron chi connectivity index (χ3n) is 2.48. The molecule has 0 unspecified atom stereocenters. The Labute approximate surface area is 133 Å². The number of benzene rings is 1. The summed E-state index contributed by atoms with van der Waals surface area (Å²) in [6, 6.07) is 4.20. The van der Waals surface area contributed by atoms with Gasteiger partial charge in [0.1, 0.15) is 5.75 Å². The molecule has 108 valence electrons. The van der Waals surface area contributed by atoms with Gasteiger partial charge >= 0.3 is 0 Å². The summed E-state index contributed by atoms with van der Waals surface area (Å²) in [7, 11) is 4.15. The first-order chi connectivity index (χ1) is 8.90. The fraction of sp³-hybridized carbons (Fsp3) is 0.571. The maximum atomic E-state index is 5.77. The molecule has 0 heterocycles. The normalized spacial score (nSPS) is 11.4. The summed E-state index contributed by atoms with van der Waals surface area (Å²) < 4.78 is 7.74. The molecule has 0 aromatic heterocycles. The number of rotatable bonds is 7. The summed E-state index contributed by atoms with van der Waals surface area (Å²) in [6.07, 6.45) is 0.164. The first kappa shape index (κ1) is 17.0. The second kappa shape index (κ2) is 8.25. The molecular formula is C14H22Br2N2O. The largest absolute Gasteiger partial charge is 0.489 e. The van der Waals surface area contributed by atoms with E-state index in [2.05, 4.69) is 68.3 Å². The van der Waals surface area contributed by atoms with Crippen LogP contribution in [0.2, 0.25) is 0 Å². The highest BCUT2D eigenvalue weighted by Crippen LogP contribution is 2.35. The molecule has 1 aromatic rings. The smallest absolute Gasteiger partial charge is 0.148 e. The molecule has 0 fully saturated rings. The molecule has 0 atom stereocenters. The van der Waals surface area contributed by atoms with Crippen molar-refractivity contribution in [1.82, 2.24) is 10.2 Å². The Kier molecular flexibility index (Phi) is 7.36. The van der Waals surface area contributed by atoms with Crippen LogP contribution in [-0.2, 0) is 6.54 Å². The molecule has 0 bridgehead atoms. The van der Waals surface area contributed by atoms with E-state index < -0.39 is 0 Å². The first-order valence-electron chi connectivity index (χ1n) is 6.40. The topological polar surface area (TPSA) is 24.5 Å². The van der Waals surface area contributed by atoms with Crippen molar-refractivity contribution in [3.05, 3.63) is 26.6 Å². The van der Waals surface area contributed by atoms with Crippen LogP contribution < -0.4 is 10.1 Å². The number of likely N-dealkylation sites (N-methyl/N-ethyl adjacent to an activating group) is 1. The lowest BCUT2D eigenvalue weighted by atomic mass is 10.2. The molecule has 0 aliphatic heterocycles. The van der Waals surface area contributed by atoms with Gasteiger partial charge in [0.25, 0.3) is 0 Å². The average molecular weight is 394 g/mol. The van der Waals surface area contributed by atoms with Gasteiger partial charge in [-0.2, -0.15) is 0 Å². The van der Waals surface area contributed by atoms with Crippen LogP contribution in [0.25, 0.3) is 0 Å². The molecule has 5 heteroatoms. The Hall–Kier alpha value is -0.100. The third-order valence-corrected chi connectivity index (χ3v) is 3.65. The summed E-state index contributed by atoms with van der Waals surface area (Å²) in [4.78, 5) is 2.17. The van der Waals surface area contributed by atoms with Crippen molar-refractivity contribution in [1.29, 1.82) is 0 Å². The molecule has 0 radical (unpaired) electrons. The number of nitrogens with one attached hydrogen (secondary N) is 1. The van der Waals surface area contributed by atoms with Gasteiger partial charge in [-0.05, 0) is 77.5 Å². The third kappa shape index (κ3) is 6.25. The number of hydrogen-bond donors (Lipinski definition) is 1. The van der Waals surface area contributed by atoms with E-state index in [1.54, 1.807) is 0 Å². The predicted molar refractivity (Wildman–Crippen MR) is 87.9 cm³/mol. The molecule has 1 rings (SSSR count). The van der Waals surface area contributed by atoms with Crippen molar-refractivity contribution >= 4 is 31.9 Å². The lowest BCUT2D eigenvalue weighted by Crippen LogP contribution is -2.26. The van der Waals surface area contributed by atoms with E-state index >= 15 is 0 Å². The molecule has 0 spiro atoms. The number of halogens is 2. The summed E-state index contributed by atoms with van der Waals surface area (Å²) in [6.45, 7) is 6.92. The Balaban J connectivity index is 2.62.